The first kappa shape index (κ1) is 22.8. The summed E-state index contributed by atoms with van der Waals surface area (Å²) in [6.45, 7) is 1.59. The molecular formula is C25H24N4O5. The zero-order valence-electron chi connectivity index (χ0n) is 18.7. The Morgan fingerprint density at radius 3 is 2.32 bits per heavy atom. The predicted molar refractivity (Wildman–Crippen MR) is 126 cm³/mol. The van der Waals surface area contributed by atoms with Crippen molar-refractivity contribution < 1.29 is 24.2 Å². The normalized spacial score (nSPS) is 12.6. The van der Waals surface area contributed by atoms with Gasteiger partial charge in [0.25, 0.3) is 5.91 Å². The molecule has 3 aromatic rings. The molecule has 0 aliphatic heterocycles. The fourth-order valence-electron chi connectivity index (χ4n) is 3.96. The van der Waals surface area contributed by atoms with E-state index < -0.39 is 18.0 Å². The molecule has 0 saturated heterocycles. The first-order valence-electron chi connectivity index (χ1n) is 10.7. The van der Waals surface area contributed by atoms with Crippen molar-refractivity contribution in [3.8, 4) is 11.1 Å². The molecule has 0 unspecified atom stereocenters. The van der Waals surface area contributed by atoms with Crippen LogP contribution in [0.5, 0.6) is 0 Å². The van der Waals surface area contributed by atoms with Crippen molar-refractivity contribution >= 4 is 23.8 Å². The number of carbonyl (C=O) groups is 3. The molecule has 0 fully saturated rings. The van der Waals surface area contributed by atoms with Gasteiger partial charge in [-0.1, -0.05) is 54.6 Å². The van der Waals surface area contributed by atoms with Crippen LogP contribution in [-0.4, -0.2) is 46.0 Å². The summed E-state index contributed by atoms with van der Waals surface area (Å²) in [4.78, 5) is 36.0. The van der Waals surface area contributed by atoms with E-state index in [0.29, 0.717) is 0 Å². The molecule has 0 radical (unpaired) electrons. The van der Waals surface area contributed by atoms with Gasteiger partial charge in [0.1, 0.15) is 18.0 Å². The number of hydrogen-bond donors (Lipinski definition) is 3. The van der Waals surface area contributed by atoms with Crippen molar-refractivity contribution in [3.63, 3.8) is 0 Å². The fraction of sp³-hybridized carbons (Fsp3) is 0.200. The minimum atomic E-state index is -1.06. The number of benzene rings is 2. The summed E-state index contributed by atoms with van der Waals surface area (Å²) in [6, 6.07) is 16.1. The third-order valence-corrected chi connectivity index (χ3v) is 5.76. The second-order valence-corrected chi connectivity index (χ2v) is 7.88. The number of amides is 2. The number of nitrogens with zero attached hydrogens (tertiary/aromatic N) is 2. The molecular weight excluding hydrogens is 436 g/mol. The average molecular weight is 460 g/mol. The average Bonchev–Trinajstić information content (AvgIpc) is 3.35. The summed E-state index contributed by atoms with van der Waals surface area (Å²) in [7, 11) is 1.59. The predicted octanol–water partition coefficient (Wildman–Crippen LogP) is 3.54. The van der Waals surface area contributed by atoms with Crippen molar-refractivity contribution in [2.24, 2.45) is 7.05 Å². The van der Waals surface area contributed by atoms with E-state index in [1.165, 1.54) is 23.9 Å². The summed E-state index contributed by atoms with van der Waals surface area (Å²) < 4.78 is 6.90. The van der Waals surface area contributed by atoms with Crippen LogP contribution in [0.2, 0.25) is 0 Å². The van der Waals surface area contributed by atoms with Gasteiger partial charge in [-0.2, -0.15) is 5.10 Å². The lowest BCUT2D eigenvalue weighted by atomic mass is 9.98. The quantitative estimate of drug-likeness (QED) is 0.464. The van der Waals surface area contributed by atoms with Gasteiger partial charge in [0, 0.05) is 25.1 Å². The van der Waals surface area contributed by atoms with E-state index in [-0.39, 0.29) is 36.0 Å². The number of rotatable bonds is 7. The van der Waals surface area contributed by atoms with Gasteiger partial charge in [0.15, 0.2) is 0 Å². The van der Waals surface area contributed by atoms with Crippen LogP contribution < -0.4 is 10.6 Å². The van der Waals surface area contributed by atoms with E-state index in [1.54, 1.807) is 7.05 Å². The number of nitrogens with one attached hydrogen (secondary N) is 2. The first-order valence-corrected chi connectivity index (χ1v) is 10.7. The fourth-order valence-corrected chi connectivity index (χ4v) is 3.96. The molecule has 9 nitrogen and oxygen atoms in total. The van der Waals surface area contributed by atoms with Crippen LogP contribution in [0.4, 0.5) is 10.6 Å². The van der Waals surface area contributed by atoms with E-state index in [0.717, 1.165) is 22.3 Å². The molecule has 1 heterocycles. The van der Waals surface area contributed by atoms with E-state index in [2.05, 4.69) is 27.9 Å². The summed E-state index contributed by atoms with van der Waals surface area (Å²) in [5, 5.41) is 18.1. The number of aryl methyl sites for hydroxylation is 1. The SMILES string of the molecule is C/C(=C\CNC(=O)c1cnn(C)c1NC(=O)OCC1c2ccccc2-c2ccccc21)C(=O)O. The maximum absolute atomic E-state index is 12.6. The third kappa shape index (κ3) is 4.54. The molecule has 3 N–H and O–H groups in total. The lowest BCUT2D eigenvalue weighted by Crippen LogP contribution is -2.26. The van der Waals surface area contributed by atoms with Crippen LogP contribution in [0.1, 0.15) is 34.3 Å². The Balaban J connectivity index is 1.42. The lowest BCUT2D eigenvalue weighted by molar-refractivity contribution is -0.132. The Morgan fingerprint density at radius 2 is 1.71 bits per heavy atom. The zero-order valence-corrected chi connectivity index (χ0v) is 18.7. The maximum atomic E-state index is 12.6. The zero-order chi connectivity index (χ0) is 24.2. The van der Waals surface area contributed by atoms with Gasteiger partial charge in [-0.05, 0) is 29.2 Å². The third-order valence-electron chi connectivity index (χ3n) is 5.76. The van der Waals surface area contributed by atoms with E-state index in [4.69, 9.17) is 9.84 Å². The smallest absolute Gasteiger partial charge is 0.412 e. The van der Waals surface area contributed by atoms with Crippen LogP contribution in [-0.2, 0) is 16.6 Å². The molecule has 174 valence electrons. The number of aliphatic carboxylic acids is 1. The van der Waals surface area contributed by atoms with Gasteiger partial charge >= 0.3 is 12.1 Å². The lowest BCUT2D eigenvalue weighted by Gasteiger charge is -2.15. The Labute approximate surface area is 196 Å². The number of ether oxygens (including phenoxy) is 1. The minimum Gasteiger partial charge on any atom is -0.478 e. The molecule has 1 aliphatic rings. The van der Waals surface area contributed by atoms with Crippen LogP contribution >= 0.6 is 0 Å². The Morgan fingerprint density at radius 1 is 1.09 bits per heavy atom. The number of carbonyl (C=O) groups excluding carboxylic acids is 2. The summed E-state index contributed by atoms with van der Waals surface area (Å²) in [5.74, 6) is -1.48. The van der Waals surface area contributed by atoms with Crippen molar-refractivity contribution in [1.29, 1.82) is 0 Å². The van der Waals surface area contributed by atoms with E-state index in [9.17, 15) is 14.4 Å². The molecule has 9 heteroatoms. The molecule has 0 bridgehead atoms. The van der Waals surface area contributed by atoms with Gasteiger partial charge in [-0.3, -0.25) is 14.8 Å². The van der Waals surface area contributed by atoms with Gasteiger partial charge in [-0.25, -0.2) is 9.59 Å². The molecule has 34 heavy (non-hydrogen) atoms. The molecule has 4 rings (SSSR count). The molecule has 2 amide bonds. The number of carboxylic acid groups (broad SMARTS) is 1. The van der Waals surface area contributed by atoms with Gasteiger partial charge < -0.3 is 15.2 Å². The molecule has 0 saturated carbocycles. The van der Waals surface area contributed by atoms with Crippen LogP contribution in [0, 0.1) is 0 Å². The van der Waals surface area contributed by atoms with Crippen LogP contribution in [0.15, 0.2) is 66.4 Å². The van der Waals surface area contributed by atoms with Crippen LogP contribution in [0.3, 0.4) is 0 Å². The van der Waals surface area contributed by atoms with Gasteiger partial charge in [-0.15, -0.1) is 0 Å². The standard InChI is InChI=1S/C25H24N4O5/c1-15(24(31)32)11-12-26-23(30)20-13-27-29(2)22(20)28-25(33)34-14-21-18-9-5-3-7-16(18)17-8-4-6-10-19(17)21/h3-11,13,21H,12,14H2,1-2H3,(H,26,30)(H,28,33)(H,31,32)/b15-11+. The monoisotopic (exact) mass is 460 g/mol. The Hall–Kier alpha value is -4.40. The van der Waals surface area contributed by atoms with Crippen molar-refractivity contribution in [1.82, 2.24) is 15.1 Å². The topological polar surface area (TPSA) is 123 Å². The minimum absolute atomic E-state index is 0.0241. The summed E-state index contributed by atoms with van der Waals surface area (Å²) in [5.41, 5.74) is 4.71. The number of fused-ring (bicyclic) bond motifs is 3. The second kappa shape index (κ2) is 9.62. The Kier molecular flexibility index (Phi) is 6.44. The highest BCUT2D eigenvalue weighted by Gasteiger charge is 2.29. The van der Waals surface area contributed by atoms with E-state index in [1.807, 2.05) is 36.4 Å². The molecule has 0 atom stereocenters. The number of aromatic nitrogens is 2. The van der Waals surface area contributed by atoms with Crippen LogP contribution in [0.25, 0.3) is 11.1 Å². The Bertz CT molecular complexity index is 1250. The number of anilines is 1. The van der Waals surface area contributed by atoms with Gasteiger partial charge in [0.2, 0.25) is 0 Å². The van der Waals surface area contributed by atoms with E-state index >= 15 is 0 Å². The molecule has 1 aliphatic carbocycles. The van der Waals surface area contributed by atoms with Crippen molar-refractivity contribution in [2.45, 2.75) is 12.8 Å². The highest BCUT2D eigenvalue weighted by Crippen LogP contribution is 2.44. The first-order chi connectivity index (χ1) is 16.4. The molecule has 1 aromatic heterocycles. The number of carboxylic acids is 1. The van der Waals surface area contributed by atoms with Crippen molar-refractivity contribution in [3.05, 3.63) is 83.1 Å². The number of hydrogen-bond acceptors (Lipinski definition) is 5. The highest BCUT2D eigenvalue weighted by atomic mass is 16.5. The summed E-state index contributed by atoms with van der Waals surface area (Å²) >= 11 is 0. The maximum Gasteiger partial charge on any atom is 0.412 e. The summed E-state index contributed by atoms with van der Waals surface area (Å²) in [6.07, 6.45) is 2.00. The largest absolute Gasteiger partial charge is 0.478 e. The second-order valence-electron chi connectivity index (χ2n) is 7.88. The molecule has 2 aromatic carbocycles. The highest BCUT2D eigenvalue weighted by molar-refractivity contribution is 6.01. The molecule has 0 spiro atoms. The van der Waals surface area contributed by atoms with Gasteiger partial charge in [0.05, 0.1) is 6.20 Å². The van der Waals surface area contributed by atoms with Crippen molar-refractivity contribution in [2.75, 3.05) is 18.5 Å².